The van der Waals surface area contributed by atoms with Gasteiger partial charge in [-0.1, -0.05) is 36.4 Å². The zero-order valence-electron chi connectivity index (χ0n) is 15.1. The maximum Gasteiger partial charge on any atom is 0.256 e. The van der Waals surface area contributed by atoms with Crippen molar-refractivity contribution in [1.29, 1.82) is 0 Å². The zero-order valence-corrected chi connectivity index (χ0v) is 15.1. The van der Waals surface area contributed by atoms with Gasteiger partial charge in [-0.15, -0.1) is 0 Å². The molecule has 26 heavy (non-hydrogen) atoms. The highest BCUT2D eigenvalue weighted by Crippen LogP contribution is 2.30. The molecule has 4 nitrogen and oxygen atoms in total. The Kier molecular flexibility index (Phi) is 4.65. The van der Waals surface area contributed by atoms with Gasteiger partial charge in [-0.05, 0) is 42.9 Å². The number of hydrogen-bond acceptors (Lipinski definition) is 2. The Morgan fingerprint density at radius 3 is 2.62 bits per heavy atom. The second-order valence-corrected chi connectivity index (χ2v) is 7.01. The highest BCUT2D eigenvalue weighted by atomic mass is 16.5. The van der Waals surface area contributed by atoms with Crippen molar-refractivity contribution in [3.05, 3.63) is 65.9 Å². The number of aromatic amines is 1. The molecule has 0 unspecified atom stereocenters. The van der Waals surface area contributed by atoms with Crippen LogP contribution in [-0.2, 0) is 6.42 Å². The van der Waals surface area contributed by atoms with Crippen molar-refractivity contribution in [2.45, 2.75) is 19.3 Å². The van der Waals surface area contributed by atoms with Crippen LogP contribution in [0.25, 0.3) is 10.9 Å². The maximum atomic E-state index is 13.1. The second kappa shape index (κ2) is 7.24. The fourth-order valence-electron chi connectivity index (χ4n) is 3.95. The van der Waals surface area contributed by atoms with E-state index < -0.39 is 0 Å². The summed E-state index contributed by atoms with van der Waals surface area (Å²) in [5, 5.41) is 0.881. The number of carbonyl (C=O) groups is 1. The number of ether oxygens (including phenoxy) is 1. The lowest BCUT2D eigenvalue weighted by Crippen LogP contribution is -2.38. The molecule has 0 aliphatic carbocycles. The summed E-state index contributed by atoms with van der Waals surface area (Å²) in [7, 11) is 1.64. The van der Waals surface area contributed by atoms with Crippen LogP contribution in [0.1, 0.15) is 28.8 Å². The van der Waals surface area contributed by atoms with Crippen molar-refractivity contribution >= 4 is 16.8 Å². The fourth-order valence-corrected chi connectivity index (χ4v) is 3.95. The van der Waals surface area contributed by atoms with E-state index in [2.05, 4.69) is 35.3 Å². The third-order valence-corrected chi connectivity index (χ3v) is 5.39. The molecule has 1 amide bonds. The number of likely N-dealkylation sites (tertiary alicyclic amines) is 1. The minimum atomic E-state index is 0.0962. The molecule has 3 aromatic rings. The van der Waals surface area contributed by atoms with Crippen LogP contribution in [0.15, 0.2) is 54.7 Å². The number of H-pyrrole nitrogens is 1. The molecule has 1 aromatic heterocycles. The Morgan fingerprint density at radius 2 is 1.88 bits per heavy atom. The Labute approximate surface area is 153 Å². The number of carbonyl (C=O) groups excluding carboxylic acids is 1. The largest absolute Gasteiger partial charge is 0.496 e. The summed E-state index contributed by atoms with van der Waals surface area (Å²) in [5.41, 5.74) is 3.03. The predicted octanol–water partition coefficient (Wildman–Crippen LogP) is 4.27. The minimum Gasteiger partial charge on any atom is -0.496 e. The van der Waals surface area contributed by atoms with Crippen molar-refractivity contribution < 1.29 is 9.53 Å². The van der Waals surface area contributed by atoms with E-state index in [1.54, 1.807) is 7.11 Å². The third kappa shape index (κ3) is 3.19. The van der Waals surface area contributed by atoms with E-state index in [1.165, 1.54) is 5.56 Å². The van der Waals surface area contributed by atoms with Crippen LogP contribution < -0.4 is 4.74 Å². The van der Waals surface area contributed by atoms with Crippen LogP contribution >= 0.6 is 0 Å². The van der Waals surface area contributed by atoms with Crippen molar-refractivity contribution in [3.8, 4) is 5.75 Å². The number of aromatic nitrogens is 1. The highest BCUT2D eigenvalue weighted by molar-refractivity contribution is 6.09. The Bertz CT molecular complexity index is 893. The van der Waals surface area contributed by atoms with Crippen LogP contribution in [0.5, 0.6) is 5.75 Å². The summed E-state index contributed by atoms with van der Waals surface area (Å²) in [6, 6.07) is 16.4. The SMILES string of the molecule is COc1cccc2[nH]cc(C(=O)N3CCC(Cc4ccccc4)CC3)c12. The van der Waals surface area contributed by atoms with Crippen molar-refractivity contribution in [3.63, 3.8) is 0 Å². The van der Waals surface area contributed by atoms with Gasteiger partial charge in [-0.3, -0.25) is 4.79 Å². The van der Waals surface area contributed by atoms with Crippen molar-refractivity contribution in [2.75, 3.05) is 20.2 Å². The second-order valence-electron chi connectivity index (χ2n) is 7.01. The molecular weight excluding hydrogens is 324 g/mol. The lowest BCUT2D eigenvalue weighted by molar-refractivity contribution is 0.0692. The number of piperidine rings is 1. The minimum absolute atomic E-state index is 0.0962. The van der Waals surface area contributed by atoms with Gasteiger partial charge in [-0.25, -0.2) is 0 Å². The van der Waals surface area contributed by atoms with Gasteiger partial charge in [0.1, 0.15) is 5.75 Å². The van der Waals surface area contributed by atoms with E-state index in [0.717, 1.165) is 49.0 Å². The average molecular weight is 348 g/mol. The first kappa shape index (κ1) is 16.7. The van der Waals surface area contributed by atoms with E-state index in [9.17, 15) is 4.79 Å². The van der Waals surface area contributed by atoms with Gasteiger partial charge in [0.2, 0.25) is 0 Å². The molecule has 1 saturated heterocycles. The van der Waals surface area contributed by atoms with Crippen LogP contribution in [0, 0.1) is 5.92 Å². The number of methoxy groups -OCH3 is 1. The van der Waals surface area contributed by atoms with Crippen LogP contribution in [0.2, 0.25) is 0 Å². The van der Waals surface area contributed by atoms with Crippen LogP contribution in [-0.4, -0.2) is 36.0 Å². The maximum absolute atomic E-state index is 13.1. The number of hydrogen-bond donors (Lipinski definition) is 1. The standard InChI is InChI=1S/C22H24N2O2/c1-26-20-9-5-8-19-21(20)18(15-23-19)22(25)24-12-10-17(11-13-24)14-16-6-3-2-4-7-16/h2-9,15,17,23H,10-14H2,1H3. The number of rotatable bonds is 4. The highest BCUT2D eigenvalue weighted by Gasteiger charge is 2.26. The quantitative estimate of drug-likeness (QED) is 0.765. The molecule has 4 heteroatoms. The first-order valence-corrected chi connectivity index (χ1v) is 9.23. The molecule has 0 saturated carbocycles. The number of amides is 1. The van der Waals surface area contributed by atoms with E-state index in [4.69, 9.17) is 4.74 Å². The number of nitrogens with one attached hydrogen (secondary N) is 1. The van der Waals surface area contributed by atoms with Crippen LogP contribution in [0.4, 0.5) is 0 Å². The summed E-state index contributed by atoms with van der Waals surface area (Å²) in [6.07, 6.45) is 5.02. The summed E-state index contributed by atoms with van der Waals surface area (Å²) >= 11 is 0. The molecule has 1 aliphatic heterocycles. The Balaban J connectivity index is 1.46. The molecule has 0 bridgehead atoms. The van der Waals surface area contributed by atoms with Crippen molar-refractivity contribution in [1.82, 2.24) is 9.88 Å². The van der Waals surface area contributed by atoms with Gasteiger partial charge >= 0.3 is 0 Å². The monoisotopic (exact) mass is 348 g/mol. The molecule has 0 spiro atoms. The molecule has 134 valence electrons. The summed E-state index contributed by atoms with van der Waals surface area (Å²) in [5.74, 6) is 1.49. The number of nitrogens with zero attached hydrogens (tertiary/aromatic N) is 1. The Morgan fingerprint density at radius 1 is 1.12 bits per heavy atom. The molecule has 0 radical (unpaired) electrons. The zero-order chi connectivity index (χ0) is 17.9. The lowest BCUT2D eigenvalue weighted by Gasteiger charge is -2.32. The molecule has 4 rings (SSSR count). The first-order chi connectivity index (χ1) is 12.8. The fraction of sp³-hybridized carbons (Fsp3) is 0.318. The number of fused-ring (bicyclic) bond motifs is 1. The molecule has 1 fully saturated rings. The molecular formula is C22H24N2O2. The van der Waals surface area contributed by atoms with E-state index in [1.807, 2.05) is 29.3 Å². The van der Waals surface area contributed by atoms with Gasteiger partial charge in [0.15, 0.2) is 0 Å². The number of benzene rings is 2. The van der Waals surface area contributed by atoms with Gasteiger partial charge in [0.05, 0.1) is 18.1 Å². The van der Waals surface area contributed by atoms with Gasteiger partial charge < -0.3 is 14.6 Å². The van der Waals surface area contributed by atoms with Gasteiger partial charge in [-0.2, -0.15) is 0 Å². The smallest absolute Gasteiger partial charge is 0.256 e. The van der Waals surface area contributed by atoms with Crippen LogP contribution in [0.3, 0.4) is 0 Å². The lowest BCUT2D eigenvalue weighted by atomic mass is 9.90. The Hall–Kier alpha value is -2.75. The molecule has 2 heterocycles. The van der Waals surface area contributed by atoms with E-state index in [-0.39, 0.29) is 5.91 Å². The average Bonchev–Trinajstić information content (AvgIpc) is 3.13. The predicted molar refractivity (Wildman–Crippen MR) is 104 cm³/mol. The summed E-state index contributed by atoms with van der Waals surface area (Å²) < 4.78 is 5.46. The van der Waals surface area contributed by atoms with Gasteiger partial charge in [0, 0.05) is 24.8 Å². The summed E-state index contributed by atoms with van der Waals surface area (Å²) in [6.45, 7) is 1.64. The van der Waals surface area contributed by atoms with Gasteiger partial charge in [0.25, 0.3) is 5.91 Å². The van der Waals surface area contributed by atoms with E-state index in [0.29, 0.717) is 11.5 Å². The van der Waals surface area contributed by atoms with E-state index >= 15 is 0 Å². The molecule has 1 N–H and O–H groups in total. The third-order valence-electron chi connectivity index (χ3n) is 5.39. The molecule has 0 atom stereocenters. The first-order valence-electron chi connectivity index (χ1n) is 9.23. The summed E-state index contributed by atoms with van der Waals surface area (Å²) in [4.78, 5) is 18.2. The molecule has 1 aliphatic rings. The normalized spacial score (nSPS) is 15.3. The molecule has 2 aromatic carbocycles. The topological polar surface area (TPSA) is 45.3 Å². The van der Waals surface area contributed by atoms with Crippen molar-refractivity contribution in [2.24, 2.45) is 5.92 Å².